The first-order valence-corrected chi connectivity index (χ1v) is 16.7. The number of carboxylic acid groups (broad SMARTS) is 1. The Morgan fingerprint density at radius 3 is 1.31 bits per heavy atom. The average Bonchev–Trinajstić information content (AvgIpc) is 3.09. The molecular weight excluding hydrogens is 604 g/mol. The first kappa shape index (κ1) is 34.2. The number of rotatable bonds is 15. The van der Waals surface area contributed by atoms with Crippen LogP contribution in [0.15, 0.2) is 109 Å². The summed E-state index contributed by atoms with van der Waals surface area (Å²) >= 11 is 0. The number of hydrogen-bond acceptors (Lipinski definition) is 5. The minimum absolute atomic E-state index is 0.177. The van der Waals surface area contributed by atoms with Crippen LogP contribution < -0.4 is 9.47 Å². The minimum Gasteiger partial charge on any atom is -0.481 e. The number of para-hydroxylation sites is 2. The maximum absolute atomic E-state index is 14.2. The molecule has 4 aromatic carbocycles. The van der Waals surface area contributed by atoms with Crippen LogP contribution in [-0.4, -0.2) is 45.8 Å². The van der Waals surface area contributed by atoms with E-state index in [1.54, 1.807) is 16.7 Å². The Hall–Kier alpha value is -5.11. The van der Waals surface area contributed by atoms with Gasteiger partial charge in [0.1, 0.15) is 23.0 Å². The number of carbonyl (C=O) groups is 3. The summed E-state index contributed by atoms with van der Waals surface area (Å²) in [7, 11) is 0. The zero-order chi connectivity index (χ0) is 34.0. The third kappa shape index (κ3) is 8.23. The number of amides is 2. The second-order valence-electron chi connectivity index (χ2n) is 12.4. The third-order valence-electron chi connectivity index (χ3n) is 8.92. The van der Waals surface area contributed by atoms with Gasteiger partial charge in [-0.25, -0.2) is 0 Å². The maximum atomic E-state index is 14.2. The molecule has 0 aliphatic heterocycles. The van der Waals surface area contributed by atoms with Crippen LogP contribution >= 0.6 is 0 Å². The van der Waals surface area contributed by atoms with Crippen molar-refractivity contribution in [2.75, 3.05) is 13.1 Å². The molecule has 8 nitrogen and oxygen atoms in total. The van der Waals surface area contributed by atoms with Crippen LogP contribution in [0.2, 0.25) is 0 Å². The highest BCUT2D eigenvalue weighted by Gasteiger charge is 2.59. The van der Waals surface area contributed by atoms with Crippen molar-refractivity contribution < 1.29 is 29.0 Å². The van der Waals surface area contributed by atoms with Crippen molar-refractivity contribution in [1.82, 2.24) is 9.80 Å². The molecule has 0 bridgehead atoms. The molecule has 8 heteroatoms. The zero-order valence-corrected chi connectivity index (χ0v) is 27.8. The van der Waals surface area contributed by atoms with Crippen LogP contribution in [0.3, 0.4) is 0 Å². The monoisotopic (exact) mass is 648 g/mol. The molecule has 0 radical (unpaired) electrons. The third-order valence-corrected chi connectivity index (χ3v) is 8.92. The van der Waals surface area contributed by atoms with Gasteiger partial charge in [-0.15, -0.1) is 0 Å². The molecule has 2 amide bonds. The van der Waals surface area contributed by atoms with Gasteiger partial charge in [-0.2, -0.15) is 0 Å². The van der Waals surface area contributed by atoms with Gasteiger partial charge in [-0.3, -0.25) is 14.4 Å². The van der Waals surface area contributed by atoms with Crippen LogP contribution in [0.4, 0.5) is 0 Å². The van der Waals surface area contributed by atoms with E-state index in [0.29, 0.717) is 44.1 Å². The lowest BCUT2D eigenvalue weighted by molar-refractivity contribution is -0.177. The Kier molecular flexibility index (Phi) is 11.5. The predicted molar refractivity (Wildman–Crippen MR) is 185 cm³/mol. The fourth-order valence-corrected chi connectivity index (χ4v) is 6.53. The molecule has 0 unspecified atom stereocenters. The molecule has 48 heavy (non-hydrogen) atoms. The fourth-order valence-electron chi connectivity index (χ4n) is 6.53. The smallest absolute Gasteiger partial charge is 0.307 e. The number of carboxylic acids is 1. The zero-order valence-electron chi connectivity index (χ0n) is 27.8. The number of benzene rings is 4. The predicted octanol–water partition coefficient (Wildman–Crippen LogP) is 8.03. The summed E-state index contributed by atoms with van der Waals surface area (Å²) < 4.78 is 11.8. The highest BCUT2D eigenvalue weighted by Crippen LogP contribution is 2.48. The minimum atomic E-state index is -1.04. The topological polar surface area (TPSA) is 96.4 Å². The summed E-state index contributed by atoms with van der Waals surface area (Å²) in [6.45, 7) is 7.39. The van der Waals surface area contributed by atoms with E-state index in [1.165, 1.54) is 0 Å². The van der Waals surface area contributed by atoms with Crippen molar-refractivity contribution in [2.45, 2.75) is 46.7 Å². The van der Waals surface area contributed by atoms with Gasteiger partial charge in [-0.05, 0) is 78.4 Å². The Bertz CT molecular complexity index is 1640. The van der Waals surface area contributed by atoms with Gasteiger partial charge in [0.15, 0.2) is 0 Å². The van der Waals surface area contributed by atoms with E-state index < -0.39 is 29.6 Å². The van der Waals surface area contributed by atoms with Crippen LogP contribution in [0, 0.1) is 23.7 Å². The molecule has 1 N–H and O–H groups in total. The van der Waals surface area contributed by atoms with Crippen molar-refractivity contribution in [3.63, 3.8) is 0 Å². The highest BCUT2D eigenvalue weighted by atomic mass is 16.5. The molecule has 1 saturated carbocycles. The van der Waals surface area contributed by atoms with Crippen molar-refractivity contribution in [3.8, 4) is 23.0 Å². The van der Waals surface area contributed by atoms with Gasteiger partial charge < -0.3 is 24.4 Å². The Morgan fingerprint density at radius 1 is 0.562 bits per heavy atom. The summed E-state index contributed by atoms with van der Waals surface area (Å²) in [5.41, 5.74) is 1.82. The second kappa shape index (κ2) is 16.1. The SMILES string of the molecule is CCCN(Cc1ccc(Oc2ccccc2)cc1)C(=O)[C@H]1[C@@H](C(=O)O)[C@H](C)[C@@H]1C(=O)N(CCC)Cc1ccc(Oc2ccccc2)cc1. The molecule has 4 aromatic rings. The van der Waals surface area contributed by atoms with Gasteiger partial charge in [0, 0.05) is 26.2 Å². The number of nitrogens with zero attached hydrogens (tertiary/aromatic N) is 2. The second-order valence-corrected chi connectivity index (χ2v) is 12.4. The van der Waals surface area contributed by atoms with Crippen molar-refractivity contribution in [1.29, 1.82) is 0 Å². The number of hydrogen-bond donors (Lipinski definition) is 1. The summed E-state index contributed by atoms with van der Waals surface area (Å²) in [6, 6.07) is 34.2. The summed E-state index contributed by atoms with van der Waals surface area (Å²) in [6.07, 6.45) is 1.43. The van der Waals surface area contributed by atoms with Crippen LogP contribution in [0.1, 0.15) is 44.7 Å². The lowest BCUT2D eigenvalue weighted by atomic mass is 9.56. The van der Waals surface area contributed by atoms with Gasteiger partial charge in [-0.1, -0.05) is 81.4 Å². The van der Waals surface area contributed by atoms with Crippen LogP contribution in [-0.2, 0) is 27.5 Å². The average molecular weight is 649 g/mol. The molecule has 4 atom stereocenters. The largest absolute Gasteiger partial charge is 0.481 e. The van der Waals surface area contributed by atoms with Crippen LogP contribution in [0.25, 0.3) is 0 Å². The highest BCUT2D eigenvalue weighted by molar-refractivity contribution is 5.94. The molecule has 1 aliphatic rings. The molecule has 1 aliphatic carbocycles. The molecule has 5 rings (SSSR count). The maximum Gasteiger partial charge on any atom is 0.307 e. The Balaban J connectivity index is 1.30. The van der Waals surface area contributed by atoms with Crippen molar-refractivity contribution in [3.05, 3.63) is 120 Å². The molecule has 1 fully saturated rings. The molecule has 0 saturated heterocycles. The van der Waals surface area contributed by atoms with Gasteiger partial charge in [0.2, 0.25) is 11.8 Å². The first-order chi connectivity index (χ1) is 23.3. The first-order valence-electron chi connectivity index (χ1n) is 16.7. The summed E-state index contributed by atoms with van der Waals surface area (Å²) in [4.78, 5) is 44.3. The van der Waals surface area contributed by atoms with Crippen molar-refractivity contribution in [2.24, 2.45) is 23.7 Å². The van der Waals surface area contributed by atoms with E-state index in [9.17, 15) is 19.5 Å². The van der Waals surface area contributed by atoms with Crippen LogP contribution in [0.5, 0.6) is 23.0 Å². The van der Waals surface area contributed by atoms with Gasteiger partial charge in [0.25, 0.3) is 0 Å². The number of carbonyl (C=O) groups excluding carboxylic acids is 2. The standard InChI is InChI=1S/C40H44N2O6/c1-4-24-41(26-29-16-20-33(21-17-29)47-31-12-8-6-9-13-31)38(43)35-28(3)36(40(45)46)37(35)39(44)42(25-5-2)27-30-18-22-34(23-19-30)48-32-14-10-7-11-15-32/h6-23,28,35-37H,4-5,24-27H2,1-3H3,(H,45,46)/t28-,35+,36+,37-/m1/s1. The van der Waals surface area contributed by atoms with E-state index in [1.807, 2.05) is 123 Å². The fraction of sp³-hybridized carbons (Fsp3) is 0.325. The molecule has 250 valence electrons. The van der Waals surface area contributed by atoms with E-state index in [4.69, 9.17) is 9.47 Å². The normalized spacial score (nSPS) is 18.3. The van der Waals surface area contributed by atoms with E-state index in [0.717, 1.165) is 29.0 Å². The number of aliphatic carboxylic acids is 1. The molecule has 0 heterocycles. The van der Waals surface area contributed by atoms with E-state index in [-0.39, 0.29) is 11.8 Å². The lowest BCUT2D eigenvalue weighted by Crippen LogP contribution is -2.61. The summed E-state index contributed by atoms with van der Waals surface area (Å²) in [5, 5.41) is 10.2. The van der Waals surface area contributed by atoms with E-state index >= 15 is 0 Å². The molecular formula is C40H44N2O6. The summed E-state index contributed by atoms with van der Waals surface area (Å²) in [5.74, 6) is -1.71. The van der Waals surface area contributed by atoms with Gasteiger partial charge in [0.05, 0.1) is 17.8 Å². The van der Waals surface area contributed by atoms with E-state index in [2.05, 4.69) is 0 Å². The lowest BCUT2D eigenvalue weighted by Gasteiger charge is -2.49. The number of ether oxygens (including phenoxy) is 2. The molecule has 0 aromatic heterocycles. The van der Waals surface area contributed by atoms with Crippen molar-refractivity contribution >= 4 is 17.8 Å². The van der Waals surface area contributed by atoms with Gasteiger partial charge >= 0.3 is 5.97 Å². The quantitative estimate of drug-likeness (QED) is 0.140. The Labute approximate surface area is 282 Å². The Morgan fingerprint density at radius 2 is 0.938 bits per heavy atom. The molecule has 0 spiro atoms.